The summed E-state index contributed by atoms with van der Waals surface area (Å²) in [5.41, 5.74) is 6.82. The van der Waals surface area contributed by atoms with Crippen molar-refractivity contribution in [1.82, 2.24) is 10.3 Å². The van der Waals surface area contributed by atoms with Crippen molar-refractivity contribution in [2.24, 2.45) is 0 Å². The van der Waals surface area contributed by atoms with Crippen LogP contribution in [-0.2, 0) is 4.79 Å². The van der Waals surface area contributed by atoms with Gasteiger partial charge in [0, 0.05) is 11.3 Å². The van der Waals surface area contributed by atoms with Gasteiger partial charge in [0.1, 0.15) is 0 Å². The average molecular weight is 288 g/mol. The topological polar surface area (TPSA) is 97.1 Å². The van der Waals surface area contributed by atoms with Crippen LogP contribution in [0.1, 0.15) is 10.4 Å². The number of carbonyl (C=O) groups excluding carboxylic acids is 2. The molecule has 0 spiro atoms. The van der Waals surface area contributed by atoms with E-state index in [2.05, 4.69) is 15.6 Å². The zero-order valence-electron chi connectivity index (χ0n) is 11.0. The summed E-state index contributed by atoms with van der Waals surface area (Å²) in [6, 6.07) is 8.82. The van der Waals surface area contributed by atoms with Crippen molar-refractivity contribution in [3.8, 4) is 0 Å². The Labute approximate surface area is 120 Å². The minimum atomic E-state index is -0.635. The first kappa shape index (κ1) is 14.4. The summed E-state index contributed by atoms with van der Waals surface area (Å²) in [6.07, 6.45) is 1.19. The number of nitrogens with two attached hydrogens (primary N) is 1. The van der Waals surface area contributed by atoms with Gasteiger partial charge in [0.2, 0.25) is 11.9 Å². The van der Waals surface area contributed by atoms with E-state index < -0.39 is 11.9 Å². The van der Waals surface area contributed by atoms with Gasteiger partial charge in [-0.2, -0.15) is 4.39 Å². The lowest BCUT2D eigenvalue weighted by Crippen LogP contribution is -2.32. The maximum atomic E-state index is 12.6. The summed E-state index contributed by atoms with van der Waals surface area (Å²) >= 11 is 0. The number of hydrogen-bond donors (Lipinski definition) is 3. The Balaban J connectivity index is 1.84. The Kier molecular flexibility index (Phi) is 4.45. The van der Waals surface area contributed by atoms with E-state index >= 15 is 0 Å². The number of aromatic nitrogens is 1. The molecule has 2 rings (SSSR count). The number of rotatable bonds is 4. The molecule has 0 radical (unpaired) electrons. The molecule has 21 heavy (non-hydrogen) atoms. The fraction of sp³-hybridized carbons (Fsp3) is 0.0714. The zero-order chi connectivity index (χ0) is 15.2. The van der Waals surface area contributed by atoms with Crippen molar-refractivity contribution in [1.29, 1.82) is 0 Å². The predicted octanol–water partition coefficient (Wildman–Crippen LogP) is 1.17. The normalized spacial score (nSPS) is 9.95. The molecule has 2 aromatic rings. The van der Waals surface area contributed by atoms with Gasteiger partial charge in [-0.25, -0.2) is 4.98 Å². The Morgan fingerprint density at radius 3 is 2.48 bits per heavy atom. The zero-order valence-corrected chi connectivity index (χ0v) is 11.0. The fourth-order valence-electron chi connectivity index (χ4n) is 1.55. The number of nitrogens with zero attached hydrogens (tertiary/aromatic N) is 1. The molecule has 2 amide bonds. The molecule has 1 aromatic heterocycles. The second kappa shape index (κ2) is 6.47. The largest absolute Gasteiger partial charge is 0.399 e. The number of anilines is 2. The average Bonchev–Trinajstić information content (AvgIpc) is 2.48. The standard InChI is InChI=1S/C14H13FN4O2/c15-12-6-5-11(7-17-12)19-13(20)8-18-14(21)9-1-3-10(16)4-2-9/h1-7H,8,16H2,(H,18,21)(H,19,20). The molecule has 0 saturated carbocycles. The number of hydrogen-bond acceptors (Lipinski definition) is 4. The monoisotopic (exact) mass is 288 g/mol. The van der Waals surface area contributed by atoms with E-state index in [0.717, 1.165) is 6.07 Å². The summed E-state index contributed by atoms with van der Waals surface area (Å²) in [6.45, 7) is -0.208. The minimum absolute atomic E-state index is 0.208. The molecule has 0 aliphatic carbocycles. The maximum Gasteiger partial charge on any atom is 0.251 e. The molecule has 0 saturated heterocycles. The van der Waals surface area contributed by atoms with Crippen LogP contribution in [0.15, 0.2) is 42.6 Å². The van der Waals surface area contributed by atoms with Gasteiger partial charge in [-0.15, -0.1) is 0 Å². The summed E-state index contributed by atoms with van der Waals surface area (Å²) in [7, 11) is 0. The molecule has 0 atom stereocenters. The molecule has 0 fully saturated rings. The molecule has 7 heteroatoms. The van der Waals surface area contributed by atoms with Crippen molar-refractivity contribution in [2.45, 2.75) is 0 Å². The minimum Gasteiger partial charge on any atom is -0.399 e. The second-order valence-corrected chi connectivity index (χ2v) is 4.22. The van der Waals surface area contributed by atoms with Gasteiger partial charge < -0.3 is 16.4 Å². The van der Waals surface area contributed by atoms with Crippen LogP contribution in [0.5, 0.6) is 0 Å². The summed E-state index contributed by atoms with van der Waals surface area (Å²) in [4.78, 5) is 26.8. The van der Waals surface area contributed by atoms with E-state index in [0.29, 0.717) is 16.9 Å². The van der Waals surface area contributed by atoms with Gasteiger partial charge in [-0.1, -0.05) is 0 Å². The lowest BCUT2D eigenvalue weighted by molar-refractivity contribution is -0.115. The molecule has 108 valence electrons. The van der Waals surface area contributed by atoms with Gasteiger partial charge in [0.25, 0.3) is 5.91 Å². The highest BCUT2D eigenvalue weighted by atomic mass is 19.1. The number of amides is 2. The Hall–Kier alpha value is -2.96. The van der Waals surface area contributed by atoms with E-state index in [9.17, 15) is 14.0 Å². The summed E-state index contributed by atoms with van der Waals surface area (Å²) in [5.74, 6) is -1.46. The third-order valence-corrected chi connectivity index (χ3v) is 2.59. The second-order valence-electron chi connectivity index (χ2n) is 4.22. The third kappa shape index (κ3) is 4.27. The molecule has 1 heterocycles. The molecule has 0 aliphatic heterocycles. The molecular weight excluding hydrogens is 275 g/mol. The van der Waals surface area contributed by atoms with E-state index in [-0.39, 0.29) is 12.5 Å². The quantitative estimate of drug-likeness (QED) is 0.581. The summed E-state index contributed by atoms with van der Waals surface area (Å²) < 4.78 is 12.6. The first-order valence-electron chi connectivity index (χ1n) is 6.10. The third-order valence-electron chi connectivity index (χ3n) is 2.59. The highest BCUT2D eigenvalue weighted by molar-refractivity contribution is 5.99. The van der Waals surface area contributed by atoms with Crippen molar-refractivity contribution in [2.75, 3.05) is 17.6 Å². The van der Waals surface area contributed by atoms with Crippen LogP contribution >= 0.6 is 0 Å². The van der Waals surface area contributed by atoms with Crippen LogP contribution in [0.2, 0.25) is 0 Å². The first-order valence-corrected chi connectivity index (χ1v) is 6.10. The number of benzene rings is 1. The molecule has 0 bridgehead atoms. The number of halogens is 1. The molecule has 4 N–H and O–H groups in total. The lowest BCUT2D eigenvalue weighted by atomic mass is 10.2. The molecule has 6 nitrogen and oxygen atoms in total. The van der Waals surface area contributed by atoms with Crippen LogP contribution in [-0.4, -0.2) is 23.3 Å². The van der Waals surface area contributed by atoms with Crippen molar-refractivity contribution >= 4 is 23.2 Å². The molecular formula is C14H13FN4O2. The van der Waals surface area contributed by atoms with Crippen LogP contribution in [0, 0.1) is 5.95 Å². The van der Waals surface area contributed by atoms with Crippen molar-refractivity contribution < 1.29 is 14.0 Å². The van der Waals surface area contributed by atoms with Gasteiger partial charge in [-0.3, -0.25) is 9.59 Å². The Bertz CT molecular complexity index is 641. The van der Waals surface area contributed by atoms with Gasteiger partial charge in [0.15, 0.2) is 0 Å². The molecule has 1 aromatic carbocycles. The van der Waals surface area contributed by atoms with Crippen LogP contribution in [0.4, 0.5) is 15.8 Å². The number of nitrogen functional groups attached to an aromatic ring is 1. The van der Waals surface area contributed by atoms with Gasteiger partial charge >= 0.3 is 0 Å². The smallest absolute Gasteiger partial charge is 0.251 e. The van der Waals surface area contributed by atoms with Crippen LogP contribution < -0.4 is 16.4 Å². The van der Waals surface area contributed by atoms with E-state index in [1.54, 1.807) is 24.3 Å². The lowest BCUT2D eigenvalue weighted by Gasteiger charge is -2.07. The Morgan fingerprint density at radius 1 is 1.14 bits per heavy atom. The fourth-order valence-corrected chi connectivity index (χ4v) is 1.55. The van der Waals surface area contributed by atoms with Crippen LogP contribution in [0.25, 0.3) is 0 Å². The first-order chi connectivity index (χ1) is 10.0. The Morgan fingerprint density at radius 2 is 1.86 bits per heavy atom. The van der Waals surface area contributed by atoms with Crippen molar-refractivity contribution in [3.05, 3.63) is 54.1 Å². The van der Waals surface area contributed by atoms with Crippen molar-refractivity contribution in [3.63, 3.8) is 0 Å². The number of carbonyl (C=O) groups is 2. The predicted molar refractivity (Wildman–Crippen MR) is 76.0 cm³/mol. The van der Waals surface area contributed by atoms with E-state index in [1.807, 2.05) is 0 Å². The van der Waals surface area contributed by atoms with Crippen LogP contribution in [0.3, 0.4) is 0 Å². The highest BCUT2D eigenvalue weighted by Crippen LogP contribution is 2.06. The van der Waals surface area contributed by atoms with E-state index in [1.165, 1.54) is 12.3 Å². The molecule has 0 unspecified atom stereocenters. The highest BCUT2D eigenvalue weighted by Gasteiger charge is 2.08. The SMILES string of the molecule is Nc1ccc(C(=O)NCC(=O)Nc2ccc(F)nc2)cc1. The number of nitrogens with one attached hydrogen (secondary N) is 2. The molecule has 0 aliphatic rings. The van der Waals surface area contributed by atoms with Gasteiger partial charge in [0.05, 0.1) is 18.4 Å². The summed E-state index contributed by atoms with van der Waals surface area (Å²) in [5, 5.41) is 4.95. The number of pyridine rings is 1. The van der Waals surface area contributed by atoms with E-state index in [4.69, 9.17) is 5.73 Å². The maximum absolute atomic E-state index is 12.6. The van der Waals surface area contributed by atoms with Gasteiger partial charge in [-0.05, 0) is 36.4 Å².